The largest absolute Gasteiger partial charge is 0.488 e. The van der Waals surface area contributed by atoms with E-state index in [1.165, 1.54) is 18.2 Å². The van der Waals surface area contributed by atoms with E-state index in [4.69, 9.17) is 27.9 Å². The number of rotatable bonds is 6. The van der Waals surface area contributed by atoms with Gasteiger partial charge in [0.05, 0.1) is 0 Å². The first-order valence-corrected chi connectivity index (χ1v) is 9.97. The van der Waals surface area contributed by atoms with Crippen molar-refractivity contribution < 1.29 is 13.9 Å². The zero-order valence-electron chi connectivity index (χ0n) is 16.5. The molecule has 0 unspecified atom stereocenters. The molecule has 7 heteroatoms. The first-order chi connectivity index (χ1) is 14.9. The maximum Gasteiger partial charge on any atom is 0.266 e. The van der Waals surface area contributed by atoms with Gasteiger partial charge in [0, 0.05) is 21.3 Å². The number of ether oxygens (including phenoxy) is 1. The van der Waals surface area contributed by atoms with Gasteiger partial charge in [0.25, 0.3) is 5.91 Å². The monoisotopic (exact) mass is 454 g/mol. The van der Waals surface area contributed by atoms with Gasteiger partial charge in [-0.1, -0.05) is 41.4 Å². The molecule has 3 rings (SSSR count). The van der Waals surface area contributed by atoms with E-state index in [0.29, 0.717) is 32.6 Å². The van der Waals surface area contributed by atoms with Crippen LogP contribution in [0.4, 0.5) is 10.1 Å². The third kappa shape index (κ3) is 6.08. The third-order valence-electron chi connectivity index (χ3n) is 4.37. The van der Waals surface area contributed by atoms with Gasteiger partial charge in [0.15, 0.2) is 0 Å². The molecule has 0 bridgehead atoms. The molecule has 0 saturated carbocycles. The molecule has 0 saturated heterocycles. The van der Waals surface area contributed by atoms with Crippen LogP contribution in [0.3, 0.4) is 0 Å². The molecule has 0 aliphatic rings. The predicted molar refractivity (Wildman–Crippen MR) is 121 cm³/mol. The number of anilines is 1. The van der Waals surface area contributed by atoms with Crippen LogP contribution in [0.25, 0.3) is 6.08 Å². The number of nitriles is 1. The minimum absolute atomic E-state index is 0.107. The molecule has 31 heavy (non-hydrogen) atoms. The van der Waals surface area contributed by atoms with E-state index >= 15 is 0 Å². The van der Waals surface area contributed by atoms with Crippen molar-refractivity contribution in [3.05, 3.63) is 98.8 Å². The first-order valence-electron chi connectivity index (χ1n) is 9.22. The minimum atomic E-state index is -0.594. The summed E-state index contributed by atoms with van der Waals surface area (Å²) in [7, 11) is 0. The lowest BCUT2D eigenvalue weighted by atomic mass is 10.1. The van der Waals surface area contributed by atoms with E-state index in [0.717, 1.165) is 5.56 Å². The topological polar surface area (TPSA) is 62.1 Å². The van der Waals surface area contributed by atoms with E-state index in [1.807, 2.05) is 13.0 Å². The van der Waals surface area contributed by atoms with Crippen LogP contribution in [0, 0.1) is 24.1 Å². The smallest absolute Gasteiger partial charge is 0.266 e. The Labute approximate surface area is 189 Å². The maximum atomic E-state index is 13.4. The van der Waals surface area contributed by atoms with E-state index in [9.17, 15) is 14.4 Å². The summed E-state index contributed by atoms with van der Waals surface area (Å²) in [6, 6.07) is 17.9. The average Bonchev–Trinajstić information content (AvgIpc) is 2.74. The molecule has 0 atom stereocenters. The van der Waals surface area contributed by atoms with E-state index in [1.54, 1.807) is 48.5 Å². The number of aryl methyl sites for hydroxylation is 1. The summed E-state index contributed by atoms with van der Waals surface area (Å²) < 4.78 is 19.2. The van der Waals surface area contributed by atoms with Crippen LogP contribution in [-0.4, -0.2) is 5.91 Å². The van der Waals surface area contributed by atoms with Gasteiger partial charge in [-0.3, -0.25) is 4.79 Å². The van der Waals surface area contributed by atoms with E-state index in [-0.39, 0.29) is 18.0 Å². The van der Waals surface area contributed by atoms with Crippen LogP contribution in [0.2, 0.25) is 10.0 Å². The van der Waals surface area contributed by atoms with Crippen molar-refractivity contribution in [3.63, 3.8) is 0 Å². The molecule has 4 nitrogen and oxygen atoms in total. The first kappa shape index (κ1) is 22.4. The number of halogens is 3. The second-order valence-corrected chi connectivity index (χ2v) is 7.56. The summed E-state index contributed by atoms with van der Waals surface area (Å²) >= 11 is 12.1. The summed E-state index contributed by atoms with van der Waals surface area (Å²) in [6.07, 6.45) is 1.39. The van der Waals surface area contributed by atoms with Gasteiger partial charge in [-0.25, -0.2) is 4.39 Å². The number of carbonyl (C=O) groups excluding carboxylic acids is 1. The van der Waals surface area contributed by atoms with E-state index < -0.39 is 5.91 Å². The number of nitrogens with zero attached hydrogens (tertiary/aromatic N) is 1. The molecule has 0 fully saturated rings. The third-order valence-corrected chi connectivity index (χ3v) is 4.84. The summed E-state index contributed by atoms with van der Waals surface area (Å²) in [5.41, 5.74) is 2.25. The Hall–Kier alpha value is -3.33. The van der Waals surface area contributed by atoms with Crippen molar-refractivity contribution in [1.29, 1.82) is 5.26 Å². The summed E-state index contributed by atoms with van der Waals surface area (Å²) in [5.74, 6) is -0.561. The molecule has 0 aromatic heterocycles. The van der Waals surface area contributed by atoms with Crippen LogP contribution >= 0.6 is 23.2 Å². The Morgan fingerprint density at radius 3 is 2.61 bits per heavy atom. The Morgan fingerprint density at radius 1 is 1.13 bits per heavy atom. The molecule has 0 aliphatic heterocycles. The van der Waals surface area contributed by atoms with Crippen LogP contribution in [-0.2, 0) is 11.4 Å². The molecule has 0 heterocycles. The van der Waals surface area contributed by atoms with Crippen LogP contribution in [0.5, 0.6) is 5.75 Å². The van der Waals surface area contributed by atoms with Gasteiger partial charge < -0.3 is 10.1 Å². The zero-order valence-corrected chi connectivity index (χ0v) is 18.0. The molecular weight excluding hydrogens is 438 g/mol. The normalized spacial score (nSPS) is 11.0. The van der Waals surface area contributed by atoms with Crippen molar-refractivity contribution in [2.75, 3.05) is 5.32 Å². The lowest BCUT2D eigenvalue weighted by Gasteiger charge is -2.11. The van der Waals surface area contributed by atoms with E-state index in [2.05, 4.69) is 5.32 Å². The van der Waals surface area contributed by atoms with Crippen molar-refractivity contribution >= 4 is 40.9 Å². The maximum absolute atomic E-state index is 13.4. The molecular formula is C24H17Cl2FN2O2. The Morgan fingerprint density at radius 2 is 1.87 bits per heavy atom. The lowest BCUT2D eigenvalue weighted by molar-refractivity contribution is -0.112. The van der Waals surface area contributed by atoms with Gasteiger partial charge in [0.1, 0.15) is 29.8 Å². The number of hydrogen-bond acceptors (Lipinski definition) is 3. The van der Waals surface area contributed by atoms with Crippen LogP contribution in [0.15, 0.2) is 66.2 Å². The molecule has 3 aromatic carbocycles. The Balaban J connectivity index is 1.85. The van der Waals surface area contributed by atoms with Gasteiger partial charge in [-0.2, -0.15) is 5.26 Å². The molecule has 0 aliphatic carbocycles. The van der Waals surface area contributed by atoms with Crippen molar-refractivity contribution in [1.82, 2.24) is 0 Å². The number of carbonyl (C=O) groups is 1. The summed E-state index contributed by atoms with van der Waals surface area (Å²) in [6.45, 7) is 1.92. The van der Waals surface area contributed by atoms with Gasteiger partial charge in [-0.15, -0.1) is 0 Å². The lowest BCUT2D eigenvalue weighted by Crippen LogP contribution is -2.14. The highest BCUT2D eigenvalue weighted by Gasteiger charge is 2.13. The molecule has 3 aromatic rings. The fourth-order valence-electron chi connectivity index (χ4n) is 2.77. The van der Waals surface area contributed by atoms with Gasteiger partial charge >= 0.3 is 0 Å². The van der Waals surface area contributed by atoms with Crippen LogP contribution in [0.1, 0.15) is 16.7 Å². The quantitative estimate of drug-likeness (QED) is 0.338. The molecule has 0 radical (unpaired) electrons. The predicted octanol–water partition coefficient (Wildman–Crippen LogP) is 6.57. The molecule has 0 spiro atoms. The number of nitrogens with one attached hydrogen (secondary N) is 1. The Bertz CT molecular complexity index is 1200. The fourth-order valence-corrected chi connectivity index (χ4v) is 3.13. The second kappa shape index (κ2) is 10.1. The highest BCUT2D eigenvalue weighted by atomic mass is 35.5. The standard InChI is InChI=1S/C24H17Cl2FN2O2/c1-15-5-6-20(26)12-22(15)29-24(30)18(13-28)10-17-11-19(25)7-8-23(17)31-14-16-3-2-4-21(27)9-16/h2-12H,14H2,1H3,(H,29,30)/b18-10+. The minimum Gasteiger partial charge on any atom is -0.488 e. The fraction of sp³-hybridized carbons (Fsp3) is 0.0833. The van der Waals surface area contributed by atoms with Crippen molar-refractivity contribution in [2.24, 2.45) is 0 Å². The number of benzene rings is 3. The molecule has 156 valence electrons. The zero-order chi connectivity index (χ0) is 22.4. The molecule has 1 N–H and O–H groups in total. The number of hydrogen-bond donors (Lipinski definition) is 1. The Kier molecular flexibility index (Phi) is 7.30. The van der Waals surface area contributed by atoms with Crippen LogP contribution < -0.4 is 10.1 Å². The number of amides is 1. The van der Waals surface area contributed by atoms with Crippen molar-refractivity contribution in [2.45, 2.75) is 13.5 Å². The average molecular weight is 455 g/mol. The summed E-state index contributed by atoms with van der Waals surface area (Å²) in [5, 5.41) is 13.1. The van der Waals surface area contributed by atoms with Crippen molar-refractivity contribution in [3.8, 4) is 11.8 Å². The van der Waals surface area contributed by atoms with Gasteiger partial charge in [-0.05, 0) is 66.6 Å². The second-order valence-electron chi connectivity index (χ2n) is 6.68. The van der Waals surface area contributed by atoms with Gasteiger partial charge in [0.2, 0.25) is 0 Å². The SMILES string of the molecule is Cc1ccc(Cl)cc1NC(=O)/C(C#N)=C/c1cc(Cl)ccc1OCc1cccc(F)c1. The highest BCUT2D eigenvalue weighted by Crippen LogP contribution is 2.27. The molecule has 1 amide bonds. The highest BCUT2D eigenvalue weighted by molar-refractivity contribution is 6.31. The summed E-state index contributed by atoms with van der Waals surface area (Å²) in [4.78, 5) is 12.7.